The van der Waals surface area contributed by atoms with Crippen molar-refractivity contribution in [1.82, 2.24) is 14.7 Å². The molecule has 0 saturated carbocycles. The van der Waals surface area contributed by atoms with Gasteiger partial charge in [-0.25, -0.2) is 4.68 Å². The zero-order chi connectivity index (χ0) is 25.5. The normalized spacial score (nSPS) is 12.3. The fourth-order valence-electron chi connectivity index (χ4n) is 4.48. The SMILES string of the molecule is Cc1ccc(Oc2c(CN(CC(C)C)CC(O)Cc3ccccc3)c(C)nn2-c2ccccc2)cc1. The van der Waals surface area contributed by atoms with Gasteiger partial charge in [0.1, 0.15) is 5.75 Å². The minimum Gasteiger partial charge on any atom is -0.439 e. The van der Waals surface area contributed by atoms with Gasteiger partial charge >= 0.3 is 0 Å². The summed E-state index contributed by atoms with van der Waals surface area (Å²) in [4.78, 5) is 2.32. The van der Waals surface area contributed by atoms with Crippen molar-refractivity contribution in [3.8, 4) is 17.3 Å². The van der Waals surface area contributed by atoms with Crippen LogP contribution in [0.3, 0.4) is 0 Å². The summed E-state index contributed by atoms with van der Waals surface area (Å²) in [7, 11) is 0. The molecule has 4 rings (SSSR count). The molecular formula is C31H37N3O2. The Balaban J connectivity index is 1.64. The molecular weight excluding hydrogens is 446 g/mol. The van der Waals surface area contributed by atoms with Crippen LogP contribution in [-0.4, -0.2) is 39.0 Å². The van der Waals surface area contributed by atoms with Crippen molar-refractivity contribution in [2.45, 2.75) is 46.8 Å². The Labute approximate surface area is 215 Å². The summed E-state index contributed by atoms with van der Waals surface area (Å²) in [5.74, 6) is 1.95. The van der Waals surface area contributed by atoms with Crippen LogP contribution < -0.4 is 4.74 Å². The summed E-state index contributed by atoms with van der Waals surface area (Å²) in [6, 6.07) is 28.3. The number of nitrogens with zero attached hydrogens (tertiary/aromatic N) is 3. The van der Waals surface area contributed by atoms with Crippen molar-refractivity contribution < 1.29 is 9.84 Å². The van der Waals surface area contributed by atoms with Crippen LogP contribution in [0, 0.1) is 19.8 Å². The Bertz CT molecular complexity index is 1220. The largest absolute Gasteiger partial charge is 0.439 e. The third-order valence-electron chi connectivity index (χ3n) is 6.16. The Kier molecular flexibility index (Phi) is 8.57. The zero-order valence-corrected chi connectivity index (χ0v) is 21.8. The number of rotatable bonds is 11. The van der Waals surface area contributed by atoms with Crippen molar-refractivity contribution in [2.75, 3.05) is 13.1 Å². The molecule has 1 unspecified atom stereocenters. The van der Waals surface area contributed by atoms with E-state index in [2.05, 4.69) is 49.9 Å². The minimum atomic E-state index is -0.461. The number of aliphatic hydroxyl groups excluding tert-OH is 1. The maximum Gasteiger partial charge on any atom is 0.227 e. The van der Waals surface area contributed by atoms with E-state index in [0.717, 1.165) is 34.8 Å². The van der Waals surface area contributed by atoms with Crippen LogP contribution in [0.25, 0.3) is 5.69 Å². The van der Waals surface area contributed by atoms with E-state index in [-0.39, 0.29) is 0 Å². The molecule has 36 heavy (non-hydrogen) atoms. The smallest absolute Gasteiger partial charge is 0.227 e. The Morgan fingerprint density at radius 1 is 0.861 bits per heavy atom. The highest BCUT2D eigenvalue weighted by Gasteiger charge is 2.23. The van der Waals surface area contributed by atoms with Crippen molar-refractivity contribution in [3.05, 3.63) is 107 Å². The first-order valence-electron chi connectivity index (χ1n) is 12.7. The Morgan fingerprint density at radius 2 is 1.50 bits per heavy atom. The quantitative estimate of drug-likeness (QED) is 0.270. The van der Waals surface area contributed by atoms with Crippen molar-refractivity contribution in [1.29, 1.82) is 0 Å². The van der Waals surface area contributed by atoms with Gasteiger partial charge in [0, 0.05) is 19.6 Å². The first-order chi connectivity index (χ1) is 17.4. The van der Waals surface area contributed by atoms with Crippen molar-refractivity contribution >= 4 is 0 Å². The first-order valence-corrected chi connectivity index (χ1v) is 12.7. The van der Waals surface area contributed by atoms with Gasteiger partial charge < -0.3 is 9.84 Å². The van der Waals surface area contributed by atoms with Crippen molar-refractivity contribution in [2.24, 2.45) is 5.92 Å². The second-order valence-corrected chi connectivity index (χ2v) is 9.96. The Hall–Kier alpha value is -3.41. The summed E-state index contributed by atoms with van der Waals surface area (Å²) in [5.41, 5.74) is 5.24. The van der Waals surface area contributed by atoms with E-state index in [1.165, 1.54) is 5.56 Å². The van der Waals surface area contributed by atoms with Gasteiger partial charge in [-0.3, -0.25) is 4.90 Å². The van der Waals surface area contributed by atoms with E-state index >= 15 is 0 Å². The first kappa shape index (κ1) is 25.7. The van der Waals surface area contributed by atoms with E-state index in [0.29, 0.717) is 31.3 Å². The summed E-state index contributed by atoms with van der Waals surface area (Å²) in [5, 5.41) is 15.8. The molecule has 0 aliphatic rings. The lowest BCUT2D eigenvalue weighted by Crippen LogP contribution is -2.35. The minimum absolute atomic E-state index is 0.458. The van der Waals surface area contributed by atoms with E-state index in [1.54, 1.807) is 0 Å². The van der Waals surface area contributed by atoms with Crippen LogP contribution in [0.2, 0.25) is 0 Å². The van der Waals surface area contributed by atoms with Crippen LogP contribution in [0.4, 0.5) is 0 Å². The molecule has 0 radical (unpaired) electrons. The molecule has 0 fully saturated rings. The molecule has 0 bridgehead atoms. The van der Waals surface area contributed by atoms with Crippen LogP contribution >= 0.6 is 0 Å². The summed E-state index contributed by atoms with van der Waals surface area (Å²) >= 11 is 0. The fraction of sp³-hybridized carbons (Fsp3) is 0.323. The predicted octanol–water partition coefficient (Wildman–Crippen LogP) is 6.34. The van der Waals surface area contributed by atoms with E-state index in [9.17, 15) is 5.11 Å². The maximum absolute atomic E-state index is 11.0. The molecule has 1 N–H and O–H groups in total. The van der Waals surface area contributed by atoms with Crippen LogP contribution in [0.5, 0.6) is 11.6 Å². The number of para-hydroxylation sites is 1. The molecule has 3 aromatic carbocycles. The lowest BCUT2D eigenvalue weighted by Gasteiger charge is -2.27. The van der Waals surface area contributed by atoms with Gasteiger partial charge in [0.2, 0.25) is 5.88 Å². The third kappa shape index (κ3) is 6.84. The highest BCUT2D eigenvalue weighted by Crippen LogP contribution is 2.32. The highest BCUT2D eigenvalue weighted by atomic mass is 16.5. The average Bonchev–Trinajstić information content (AvgIpc) is 3.16. The van der Waals surface area contributed by atoms with Gasteiger partial charge in [0.05, 0.1) is 23.0 Å². The van der Waals surface area contributed by atoms with Gasteiger partial charge in [-0.1, -0.05) is 80.1 Å². The van der Waals surface area contributed by atoms with Gasteiger partial charge in [-0.2, -0.15) is 5.10 Å². The van der Waals surface area contributed by atoms with Crippen LogP contribution in [0.1, 0.15) is 36.2 Å². The molecule has 0 aliphatic carbocycles. The van der Waals surface area contributed by atoms with Gasteiger partial charge in [0.15, 0.2) is 0 Å². The van der Waals surface area contributed by atoms with Crippen LogP contribution in [0.15, 0.2) is 84.9 Å². The number of hydrogen-bond acceptors (Lipinski definition) is 4. The summed E-state index contributed by atoms with van der Waals surface area (Å²) in [6.07, 6.45) is 0.168. The maximum atomic E-state index is 11.0. The zero-order valence-electron chi connectivity index (χ0n) is 21.8. The molecule has 0 amide bonds. The van der Waals surface area contributed by atoms with Gasteiger partial charge in [-0.05, 0) is 56.0 Å². The standard InChI is InChI=1S/C31H37N3O2/c1-23(2)20-33(21-28(35)19-26-11-7-5-8-12-26)22-30-25(4)32-34(27-13-9-6-10-14-27)31(30)36-29-17-15-24(3)16-18-29/h5-18,23,28,35H,19-22H2,1-4H3. The average molecular weight is 484 g/mol. The molecule has 4 aromatic rings. The number of hydrogen-bond donors (Lipinski definition) is 1. The van der Waals surface area contributed by atoms with Crippen molar-refractivity contribution in [3.63, 3.8) is 0 Å². The molecule has 0 spiro atoms. The Morgan fingerprint density at radius 3 is 2.14 bits per heavy atom. The number of aromatic nitrogens is 2. The highest BCUT2D eigenvalue weighted by molar-refractivity contribution is 5.43. The molecule has 0 aliphatic heterocycles. The summed E-state index contributed by atoms with van der Waals surface area (Å²) in [6.45, 7) is 10.6. The lowest BCUT2D eigenvalue weighted by molar-refractivity contribution is 0.101. The molecule has 1 heterocycles. The number of aliphatic hydroxyl groups is 1. The predicted molar refractivity (Wildman–Crippen MR) is 146 cm³/mol. The molecule has 5 heteroatoms. The third-order valence-corrected chi connectivity index (χ3v) is 6.16. The lowest BCUT2D eigenvalue weighted by atomic mass is 10.1. The molecule has 0 saturated heterocycles. The van der Waals surface area contributed by atoms with Gasteiger partial charge in [-0.15, -0.1) is 0 Å². The fourth-order valence-corrected chi connectivity index (χ4v) is 4.48. The molecule has 188 valence electrons. The molecule has 5 nitrogen and oxygen atoms in total. The molecule has 1 aromatic heterocycles. The number of ether oxygens (including phenoxy) is 1. The van der Waals surface area contributed by atoms with E-state index < -0.39 is 6.10 Å². The molecule has 1 atom stereocenters. The second-order valence-electron chi connectivity index (χ2n) is 9.96. The number of benzene rings is 3. The van der Waals surface area contributed by atoms with Crippen LogP contribution in [-0.2, 0) is 13.0 Å². The van der Waals surface area contributed by atoms with E-state index in [1.807, 2.05) is 72.3 Å². The summed E-state index contributed by atoms with van der Waals surface area (Å²) < 4.78 is 8.38. The monoisotopic (exact) mass is 483 g/mol. The van der Waals surface area contributed by atoms with Gasteiger partial charge in [0.25, 0.3) is 0 Å². The number of aryl methyl sites for hydroxylation is 2. The topological polar surface area (TPSA) is 50.5 Å². The van der Waals surface area contributed by atoms with E-state index in [4.69, 9.17) is 9.84 Å². The second kappa shape index (κ2) is 12.0.